The van der Waals surface area contributed by atoms with Gasteiger partial charge in [-0.25, -0.2) is 4.98 Å². The van der Waals surface area contributed by atoms with E-state index in [-0.39, 0.29) is 11.6 Å². The molecule has 11 heteroatoms. The molecule has 3 rings (SSSR count). The minimum Gasteiger partial charge on any atom is -0.340 e. The molecule has 0 radical (unpaired) electrons. The van der Waals surface area contributed by atoms with E-state index in [1.165, 1.54) is 60.5 Å². The second kappa shape index (κ2) is 8.04. The Morgan fingerprint density at radius 1 is 1.13 bits per heavy atom. The fourth-order valence-electron chi connectivity index (χ4n) is 2.52. The number of hydrogen-bond donors (Lipinski definition) is 1. The first kappa shape index (κ1) is 20.5. The van der Waals surface area contributed by atoms with E-state index in [9.17, 15) is 23.3 Å². The molecular weight excluding hydrogens is 401 g/mol. The average Bonchev–Trinajstić information content (AvgIpc) is 2.73. The molecule has 30 heavy (non-hydrogen) atoms. The number of nitro groups is 1. The van der Waals surface area contributed by atoms with Gasteiger partial charge in [0.25, 0.3) is 5.69 Å². The van der Waals surface area contributed by atoms with Gasteiger partial charge in [-0.2, -0.15) is 23.4 Å². The molecule has 8 nitrogen and oxygen atoms in total. The zero-order chi connectivity index (χ0) is 21.9. The predicted octanol–water partition coefficient (Wildman–Crippen LogP) is 4.79. The Morgan fingerprint density at radius 2 is 1.77 bits per heavy atom. The number of rotatable bonds is 5. The highest BCUT2D eigenvalue weighted by molar-refractivity contribution is 5.64. The van der Waals surface area contributed by atoms with Gasteiger partial charge in [0.1, 0.15) is 11.4 Å². The van der Waals surface area contributed by atoms with E-state index in [0.29, 0.717) is 23.1 Å². The van der Waals surface area contributed by atoms with Crippen LogP contribution in [0.5, 0.6) is 0 Å². The second-order valence-electron chi connectivity index (χ2n) is 6.08. The van der Waals surface area contributed by atoms with Gasteiger partial charge in [-0.1, -0.05) is 0 Å². The Balaban J connectivity index is 1.97. The van der Waals surface area contributed by atoms with Crippen molar-refractivity contribution in [3.05, 3.63) is 76.0 Å². The number of anilines is 4. The van der Waals surface area contributed by atoms with Crippen molar-refractivity contribution < 1.29 is 18.1 Å². The molecule has 0 spiro atoms. The van der Waals surface area contributed by atoms with Crippen LogP contribution < -0.4 is 10.2 Å². The fourth-order valence-corrected chi connectivity index (χ4v) is 2.52. The molecule has 0 saturated carbocycles. The van der Waals surface area contributed by atoms with E-state index in [1.54, 1.807) is 0 Å². The number of benzene rings is 2. The van der Waals surface area contributed by atoms with Crippen LogP contribution in [0.15, 0.2) is 54.7 Å². The molecule has 2 aromatic carbocycles. The minimum atomic E-state index is -4.70. The highest BCUT2D eigenvalue weighted by Crippen LogP contribution is 2.36. The number of nitrogens with zero attached hydrogens (tertiary/aromatic N) is 5. The van der Waals surface area contributed by atoms with E-state index in [4.69, 9.17) is 5.26 Å². The van der Waals surface area contributed by atoms with Gasteiger partial charge >= 0.3 is 6.18 Å². The molecular formula is C19H13F3N6O2. The first-order valence-electron chi connectivity index (χ1n) is 8.38. The van der Waals surface area contributed by atoms with Crippen LogP contribution in [0.25, 0.3) is 0 Å². The maximum absolute atomic E-state index is 13.4. The number of hydrogen-bond acceptors (Lipinski definition) is 7. The highest BCUT2D eigenvalue weighted by atomic mass is 19.4. The summed E-state index contributed by atoms with van der Waals surface area (Å²) >= 11 is 0. The van der Waals surface area contributed by atoms with Gasteiger partial charge in [0.15, 0.2) is 0 Å². The average molecular weight is 414 g/mol. The molecule has 0 aliphatic heterocycles. The Hall–Kier alpha value is -4.20. The van der Waals surface area contributed by atoms with Crippen LogP contribution in [0.3, 0.4) is 0 Å². The molecule has 1 heterocycles. The van der Waals surface area contributed by atoms with Gasteiger partial charge in [0, 0.05) is 36.8 Å². The van der Waals surface area contributed by atoms with E-state index in [2.05, 4.69) is 15.3 Å². The molecule has 0 aliphatic carbocycles. The van der Waals surface area contributed by atoms with E-state index < -0.39 is 22.5 Å². The number of non-ortho nitro benzene ring substituents is 1. The van der Waals surface area contributed by atoms with Crippen molar-refractivity contribution in [2.75, 3.05) is 17.3 Å². The lowest BCUT2D eigenvalue weighted by Crippen LogP contribution is -2.17. The van der Waals surface area contributed by atoms with E-state index in [1.807, 2.05) is 6.07 Å². The summed E-state index contributed by atoms with van der Waals surface area (Å²) in [6.45, 7) is 0. The number of halogens is 3. The lowest BCUT2D eigenvalue weighted by molar-refractivity contribution is -0.384. The minimum absolute atomic E-state index is 0.0481. The summed E-state index contributed by atoms with van der Waals surface area (Å²) in [5.41, 5.74) is -0.0685. The Morgan fingerprint density at radius 3 is 2.30 bits per heavy atom. The van der Waals surface area contributed by atoms with Crippen LogP contribution in [0.4, 0.5) is 42.0 Å². The summed E-state index contributed by atoms with van der Waals surface area (Å²) in [5.74, 6) is -0.515. The number of aromatic nitrogens is 2. The van der Waals surface area contributed by atoms with Crippen molar-refractivity contribution >= 4 is 28.8 Å². The quantitative estimate of drug-likeness (QED) is 0.472. The van der Waals surface area contributed by atoms with Crippen LogP contribution in [-0.4, -0.2) is 21.9 Å². The van der Waals surface area contributed by atoms with Gasteiger partial charge in [0.05, 0.1) is 16.6 Å². The third kappa shape index (κ3) is 4.44. The van der Waals surface area contributed by atoms with Crippen LogP contribution in [0, 0.1) is 21.4 Å². The Kier molecular flexibility index (Phi) is 5.50. The SMILES string of the molecule is CN(c1ccc([N+](=O)[O-])cc1)c1ncc(C(F)(F)F)c(Nc2ccc(C#N)cc2)n1. The van der Waals surface area contributed by atoms with Crippen molar-refractivity contribution in [2.24, 2.45) is 0 Å². The maximum Gasteiger partial charge on any atom is 0.421 e. The van der Waals surface area contributed by atoms with Crippen molar-refractivity contribution in [2.45, 2.75) is 6.18 Å². The summed E-state index contributed by atoms with van der Waals surface area (Å²) in [5, 5.41) is 22.2. The van der Waals surface area contributed by atoms with Crippen molar-refractivity contribution in [1.29, 1.82) is 5.26 Å². The summed E-state index contributed by atoms with van der Waals surface area (Å²) in [7, 11) is 1.52. The number of nitrogens with one attached hydrogen (secondary N) is 1. The number of nitro benzene ring substituents is 1. The third-order valence-electron chi connectivity index (χ3n) is 4.11. The van der Waals surface area contributed by atoms with Gasteiger partial charge in [0.2, 0.25) is 5.95 Å². The first-order chi connectivity index (χ1) is 14.2. The maximum atomic E-state index is 13.4. The molecule has 1 N–H and O–H groups in total. The lowest BCUT2D eigenvalue weighted by Gasteiger charge is -2.20. The standard InChI is InChI=1S/C19H13F3N6O2/c1-27(14-6-8-15(9-7-14)28(29)30)18-24-11-16(19(20,21)22)17(26-18)25-13-4-2-12(10-23)3-5-13/h2-9,11H,1H3,(H,24,25,26). The summed E-state index contributed by atoms with van der Waals surface area (Å²) in [6, 6.07) is 13.2. The van der Waals surface area contributed by atoms with E-state index >= 15 is 0 Å². The molecule has 0 bridgehead atoms. The molecule has 0 saturated heterocycles. The molecule has 1 aromatic heterocycles. The van der Waals surface area contributed by atoms with E-state index in [0.717, 1.165) is 0 Å². The largest absolute Gasteiger partial charge is 0.421 e. The number of nitriles is 1. The van der Waals surface area contributed by atoms with Gasteiger partial charge in [-0.3, -0.25) is 10.1 Å². The van der Waals surface area contributed by atoms with Crippen LogP contribution in [-0.2, 0) is 6.18 Å². The molecule has 0 unspecified atom stereocenters. The zero-order valence-corrected chi connectivity index (χ0v) is 15.4. The Bertz CT molecular complexity index is 1110. The molecule has 3 aromatic rings. The summed E-state index contributed by atoms with van der Waals surface area (Å²) < 4.78 is 40.2. The molecule has 0 aliphatic rings. The van der Waals surface area contributed by atoms with Crippen LogP contribution in [0.1, 0.15) is 11.1 Å². The smallest absolute Gasteiger partial charge is 0.340 e. The normalized spacial score (nSPS) is 10.9. The van der Waals surface area contributed by atoms with Gasteiger partial charge in [-0.15, -0.1) is 0 Å². The van der Waals surface area contributed by atoms with Crippen molar-refractivity contribution in [1.82, 2.24) is 9.97 Å². The zero-order valence-electron chi connectivity index (χ0n) is 15.4. The van der Waals surface area contributed by atoms with Gasteiger partial charge < -0.3 is 10.2 Å². The lowest BCUT2D eigenvalue weighted by atomic mass is 10.2. The molecule has 0 fully saturated rings. The number of alkyl halides is 3. The summed E-state index contributed by atoms with van der Waals surface area (Å²) in [6.07, 6.45) is -4.03. The van der Waals surface area contributed by atoms with Crippen LogP contribution >= 0.6 is 0 Å². The fraction of sp³-hybridized carbons (Fsp3) is 0.105. The van der Waals surface area contributed by atoms with Crippen molar-refractivity contribution in [3.8, 4) is 6.07 Å². The van der Waals surface area contributed by atoms with Crippen molar-refractivity contribution in [3.63, 3.8) is 0 Å². The molecule has 0 atom stereocenters. The third-order valence-corrected chi connectivity index (χ3v) is 4.11. The highest BCUT2D eigenvalue weighted by Gasteiger charge is 2.35. The van der Waals surface area contributed by atoms with Crippen LogP contribution in [0.2, 0.25) is 0 Å². The first-order valence-corrected chi connectivity index (χ1v) is 8.38. The molecule has 0 amide bonds. The molecule has 152 valence electrons. The second-order valence-corrected chi connectivity index (χ2v) is 6.08. The predicted molar refractivity (Wildman–Crippen MR) is 103 cm³/mol. The topological polar surface area (TPSA) is 108 Å². The van der Waals surface area contributed by atoms with Gasteiger partial charge in [-0.05, 0) is 36.4 Å². The Labute approximate surface area is 168 Å². The monoisotopic (exact) mass is 414 g/mol. The summed E-state index contributed by atoms with van der Waals surface area (Å²) in [4.78, 5) is 19.4.